The lowest BCUT2D eigenvalue weighted by Crippen LogP contribution is -2.02. The van der Waals surface area contributed by atoms with Crippen molar-refractivity contribution in [3.8, 4) is 5.75 Å². The van der Waals surface area contributed by atoms with Gasteiger partial charge >= 0.3 is 0 Å². The zero-order valence-corrected chi connectivity index (χ0v) is 20.1. The van der Waals surface area contributed by atoms with Crippen molar-refractivity contribution in [3.05, 3.63) is 77.4 Å². The number of aryl methyl sites for hydroxylation is 3. The Hall–Kier alpha value is -1.93. The van der Waals surface area contributed by atoms with Gasteiger partial charge in [0.25, 0.3) is 0 Å². The molecule has 0 aliphatic carbocycles. The molecule has 1 nitrogen and oxygen atoms in total. The molecule has 0 aliphatic rings. The summed E-state index contributed by atoms with van der Waals surface area (Å²) in [4.78, 5) is 0. The van der Waals surface area contributed by atoms with E-state index < -0.39 is 0 Å². The summed E-state index contributed by atoms with van der Waals surface area (Å²) < 4.78 is 0. The summed E-state index contributed by atoms with van der Waals surface area (Å²) in [5.41, 5.74) is 4.34. The Labute approximate surface area is 193 Å². The molecule has 1 atom stereocenters. The predicted octanol–water partition coefficient (Wildman–Crippen LogP) is 8.36. The number of unbranched alkanes of at least 4 members (excludes halogenated alkanes) is 2. The molecule has 0 bridgehead atoms. The van der Waals surface area contributed by atoms with E-state index >= 15 is 0 Å². The van der Waals surface area contributed by atoms with Gasteiger partial charge in [0, 0.05) is 5.25 Å². The lowest BCUT2D eigenvalue weighted by atomic mass is 9.98. The molecule has 0 aliphatic heterocycles. The summed E-state index contributed by atoms with van der Waals surface area (Å²) in [7, 11) is 0. The highest BCUT2D eigenvalue weighted by molar-refractivity contribution is 7.99. The molecule has 166 valence electrons. The van der Waals surface area contributed by atoms with E-state index in [1.165, 1.54) is 79.2 Å². The molecule has 3 rings (SSSR count). The highest BCUT2D eigenvalue weighted by Crippen LogP contribution is 2.25. The lowest BCUT2D eigenvalue weighted by Gasteiger charge is -2.13. The van der Waals surface area contributed by atoms with E-state index in [0.717, 1.165) is 17.1 Å². The van der Waals surface area contributed by atoms with Crippen molar-refractivity contribution in [3.63, 3.8) is 0 Å². The predicted molar refractivity (Wildman–Crippen MR) is 138 cm³/mol. The minimum atomic E-state index is 0.344. The minimum absolute atomic E-state index is 0.344. The average Bonchev–Trinajstić information content (AvgIpc) is 2.79. The summed E-state index contributed by atoms with van der Waals surface area (Å²) in [6, 6.07) is 21.4. The van der Waals surface area contributed by atoms with Crippen LogP contribution in [0.15, 0.2) is 60.7 Å². The van der Waals surface area contributed by atoms with Gasteiger partial charge in [-0.05, 0) is 90.3 Å². The van der Waals surface area contributed by atoms with Gasteiger partial charge in [-0.15, -0.1) is 0 Å². The van der Waals surface area contributed by atoms with Crippen LogP contribution in [0.1, 0.15) is 69.1 Å². The summed E-state index contributed by atoms with van der Waals surface area (Å²) in [5, 5.41) is 12.9. The van der Waals surface area contributed by atoms with E-state index in [4.69, 9.17) is 0 Å². The maximum atomic E-state index is 9.69. The molecule has 0 heterocycles. The van der Waals surface area contributed by atoms with E-state index in [0.29, 0.717) is 5.75 Å². The standard InChI is InChI=1S/C29H38OS/c1-3-9-28(4-2)31-21-20-24-16-14-23(15-17-24)10-6-5-7-11-25-12-8-13-26-22-27(30)18-19-29(25)26/h8,12-19,22,28,30H,3-7,9-11,20-21H2,1-2H3. The number of rotatable bonds is 13. The number of hydrogen-bond donors (Lipinski definition) is 1. The van der Waals surface area contributed by atoms with E-state index in [9.17, 15) is 5.11 Å². The van der Waals surface area contributed by atoms with E-state index in [1.807, 2.05) is 12.1 Å². The van der Waals surface area contributed by atoms with Gasteiger partial charge in [0.2, 0.25) is 0 Å². The third-order valence-electron chi connectivity index (χ3n) is 6.20. The Kier molecular flexibility index (Phi) is 9.81. The molecule has 1 unspecified atom stereocenters. The number of aromatic hydroxyl groups is 1. The van der Waals surface area contributed by atoms with Crippen LogP contribution in [-0.4, -0.2) is 16.1 Å². The first-order valence-electron chi connectivity index (χ1n) is 12.1. The number of thioether (sulfide) groups is 1. The van der Waals surface area contributed by atoms with Gasteiger partial charge in [-0.2, -0.15) is 11.8 Å². The molecule has 2 heteroatoms. The fourth-order valence-corrected chi connectivity index (χ4v) is 5.65. The van der Waals surface area contributed by atoms with Crippen LogP contribution in [0, 0.1) is 0 Å². The van der Waals surface area contributed by atoms with Crippen LogP contribution >= 0.6 is 11.8 Å². The number of hydrogen-bond acceptors (Lipinski definition) is 2. The molecular weight excluding hydrogens is 396 g/mol. The molecule has 0 saturated heterocycles. The highest BCUT2D eigenvalue weighted by atomic mass is 32.2. The SMILES string of the molecule is CCCC(CC)SCCc1ccc(CCCCCc2cccc3cc(O)ccc23)cc1. The van der Waals surface area contributed by atoms with Gasteiger partial charge in [-0.25, -0.2) is 0 Å². The molecule has 0 spiro atoms. The van der Waals surface area contributed by atoms with Gasteiger partial charge in [0.1, 0.15) is 5.75 Å². The number of fused-ring (bicyclic) bond motifs is 1. The molecule has 31 heavy (non-hydrogen) atoms. The molecule has 3 aromatic rings. The molecular formula is C29H38OS. The van der Waals surface area contributed by atoms with E-state index in [1.54, 1.807) is 6.07 Å². The van der Waals surface area contributed by atoms with Crippen LogP contribution in [-0.2, 0) is 19.3 Å². The first-order chi connectivity index (χ1) is 15.2. The number of phenols is 1. The van der Waals surface area contributed by atoms with E-state index in [-0.39, 0.29) is 0 Å². The zero-order valence-electron chi connectivity index (χ0n) is 19.3. The third-order valence-corrected chi connectivity index (χ3v) is 7.68. The van der Waals surface area contributed by atoms with Crippen LogP contribution in [0.3, 0.4) is 0 Å². The molecule has 3 aromatic carbocycles. The topological polar surface area (TPSA) is 20.2 Å². The van der Waals surface area contributed by atoms with Crippen molar-refractivity contribution in [2.45, 2.75) is 76.9 Å². The first kappa shape index (κ1) is 23.7. The molecule has 0 aromatic heterocycles. The molecule has 1 N–H and O–H groups in total. The minimum Gasteiger partial charge on any atom is -0.508 e. The number of benzene rings is 3. The maximum Gasteiger partial charge on any atom is 0.116 e. The quantitative estimate of drug-likeness (QED) is 0.273. The Morgan fingerprint density at radius 3 is 2.29 bits per heavy atom. The Morgan fingerprint density at radius 1 is 0.806 bits per heavy atom. The summed E-state index contributed by atoms with van der Waals surface area (Å²) in [6.07, 6.45) is 11.1. The number of phenolic OH excluding ortho intramolecular Hbond substituents is 1. The molecule has 0 saturated carbocycles. The largest absolute Gasteiger partial charge is 0.508 e. The second-order valence-electron chi connectivity index (χ2n) is 8.64. The maximum absolute atomic E-state index is 9.69. The van der Waals surface area contributed by atoms with Crippen LogP contribution in [0.25, 0.3) is 10.8 Å². The van der Waals surface area contributed by atoms with Gasteiger partial charge in [0.05, 0.1) is 0 Å². The normalized spacial score (nSPS) is 12.3. The second-order valence-corrected chi connectivity index (χ2v) is 10.0. The van der Waals surface area contributed by atoms with Crippen LogP contribution < -0.4 is 0 Å². The molecule has 0 fully saturated rings. The zero-order chi connectivity index (χ0) is 21.9. The first-order valence-corrected chi connectivity index (χ1v) is 13.1. The van der Waals surface area contributed by atoms with Crippen LogP contribution in [0.4, 0.5) is 0 Å². The second kappa shape index (κ2) is 12.8. The van der Waals surface area contributed by atoms with Crippen LogP contribution in [0.5, 0.6) is 5.75 Å². The van der Waals surface area contributed by atoms with Gasteiger partial charge in [0.15, 0.2) is 0 Å². The van der Waals surface area contributed by atoms with Crippen LogP contribution in [0.2, 0.25) is 0 Å². The van der Waals surface area contributed by atoms with Crippen molar-refractivity contribution in [1.29, 1.82) is 0 Å². The van der Waals surface area contributed by atoms with E-state index in [2.05, 4.69) is 68.1 Å². The van der Waals surface area contributed by atoms with Crippen molar-refractivity contribution >= 4 is 22.5 Å². The monoisotopic (exact) mass is 434 g/mol. The van der Waals surface area contributed by atoms with Crippen molar-refractivity contribution in [2.24, 2.45) is 0 Å². The summed E-state index contributed by atoms with van der Waals surface area (Å²) >= 11 is 2.15. The Bertz CT molecular complexity index is 916. The van der Waals surface area contributed by atoms with Crippen molar-refractivity contribution in [1.82, 2.24) is 0 Å². The van der Waals surface area contributed by atoms with Crippen molar-refractivity contribution in [2.75, 3.05) is 5.75 Å². The van der Waals surface area contributed by atoms with Gasteiger partial charge < -0.3 is 5.11 Å². The van der Waals surface area contributed by atoms with Gasteiger partial charge in [-0.3, -0.25) is 0 Å². The average molecular weight is 435 g/mol. The fraction of sp³-hybridized carbons (Fsp3) is 0.448. The molecule has 0 radical (unpaired) electrons. The highest BCUT2D eigenvalue weighted by Gasteiger charge is 2.06. The molecule has 0 amide bonds. The Balaban J connectivity index is 1.37. The third kappa shape index (κ3) is 7.61. The smallest absolute Gasteiger partial charge is 0.116 e. The van der Waals surface area contributed by atoms with Crippen molar-refractivity contribution < 1.29 is 5.11 Å². The summed E-state index contributed by atoms with van der Waals surface area (Å²) in [5.74, 6) is 1.59. The fourth-order valence-electron chi connectivity index (χ4n) is 4.32. The lowest BCUT2D eigenvalue weighted by molar-refractivity contribution is 0.476. The summed E-state index contributed by atoms with van der Waals surface area (Å²) in [6.45, 7) is 4.61. The van der Waals surface area contributed by atoms with Gasteiger partial charge in [-0.1, -0.05) is 75.2 Å². The Morgan fingerprint density at radius 2 is 1.55 bits per heavy atom.